The lowest BCUT2D eigenvalue weighted by Crippen LogP contribution is -2.53. The molecule has 3 aliphatic carbocycles. The summed E-state index contributed by atoms with van der Waals surface area (Å²) in [6.07, 6.45) is 0.584. The van der Waals surface area contributed by atoms with Gasteiger partial charge in [0.05, 0.1) is 17.5 Å². The molecule has 2 aromatic rings. The van der Waals surface area contributed by atoms with Gasteiger partial charge in [0.25, 0.3) is 5.91 Å². The molecular weight excluding hydrogens is 464 g/mol. The SMILES string of the molecule is CN(C)[C@@H]1C(O)=C(C(N)=O)C(=O)C2C(O)=C3C(=O)c4c(O)ccc(-c5ccc(O)cc5)c4CC3CC21. The van der Waals surface area contributed by atoms with Crippen LogP contribution in [0.3, 0.4) is 0 Å². The van der Waals surface area contributed by atoms with Gasteiger partial charge < -0.3 is 26.2 Å². The molecule has 186 valence electrons. The molecule has 0 radical (unpaired) electrons. The quantitative estimate of drug-likeness (QED) is 0.410. The van der Waals surface area contributed by atoms with Gasteiger partial charge in [-0.15, -0.1) is 0 Å². The van der Waals surface area contributed by atoms with Crippen molar-refractivity contribution in [3.8, 4) is 22.6 Å². The van der Waals surface area contributed by atoms with Crippen LogP contribution in [0.5, 0.6) is 11.5 Å². The molecule has 4 atom stereocenters. The number of phenols is 2. The number of benzene rings is 2. The number of phenolic OH excluding ortho intramolecular Hbond substituents is 2. The van der Waals surface area contributed by atoms with E-state index in [4.69, 9.17) is 5.73 Å². The Morgan fingerprint density at radius 3 is 2.25 bits per heavy atom. The zero-order valence-corrected chi connectivity index (χ0v) is 19.7. The molecular formula is C27H26N2O7. The average molecular weight is 491 g/mol. The number of fused-ring (bicyclic) bond motifs is 3. The Labute approximate surface area is 206 Å². The fourth-order valence-corrected chi connectivity index (χ4v) is 6.18. The summed E-state index contributed by atoms with van der Waals surface area (Å²) in [6, 6.07) is 8.82. The van der Waals surface area contributed by atoms with Crippen LogP contribution in [0, 0.1) is 17.8 Å². The summed E-state index contributed by atoms with van der Waals surface area (Å²) in [5.74, 6) is -5.81. The van der Waals surface area contributed by atoms with Crippen molar-refractivity contribution in [1.29, 1.82) is 0 Å². The van der Waals surface area contributed by atoms with Gasteiger partial charge in [0, 0.05) is 5.57 Å². The zero-order chi connectivity index (χ0) is 26.0. The fourth-order valence-electron chi connectivity index (χ4n) is 6.18. The molecule has 1 amide bonds. The number of ketones is 2. The molecule has 0 saturated heterocycles. The van der Waals surface area contributed by atoms with Crippen LogP contribution in [0.15, 0.2) is 59.1 Å². The Balaban J connectivity index is 1.68. The second kappa shape index (κ2) is 8.23. The number of amides is 1. The summed E-state index contributed by atoms with van der Waals surface area (Å²) in [7, 11) is 3.37. The highest BCUT2D eigenvalue weighted by atomic mass is 16.3. The number of likely N-dealkylation sites (N-methyl/N-ethyl adjacent to an activating group) is 1. The number of nitrogens with zero attached hydrogens (tertiary/aromatic N) is 1. The van der Waals surface area contributed by atoms with E-state index in [1.807, 2.05) is 0 Å². The van der Waals surface area contributed by atoms with Crippen LogP contribution in [0.25, 0.3) is 11.1 Å². The number of aliphatic hydroxyl groups excluding tert-OH is 2. The lowest BCUT2D eigenvalue weighted by atomic mass is 9.60. The molecule has 3 unspecified atom stereocenters. The summed E-state index contributed by atoms with van der Waals surface area (Å²) in [4.78, 5) is 40.6. The van der Waals surface area contributed by atoms with E-state index in [0.29, 0.717) is 17.5 Å². The van der Waals surface area contributed by atoms with Crippen LogP contribution in [0.2, 0.25) is 0 Å². The van der Waals surface area contributed by atoms with E-state index < -0.39 is 58.4 Å². The van der Waals surface area contributed by atoms with E-state index in [9.17, 15) is 34.8 Å². The van der Waals surface area contributed by atoms with Gasteiger partial charge >= 0.3 is 0 Å². The number of nitrogens with two attached hydrogens (primary N) is 1. The molecule has 6 N–H and O–H groups in total. The van der Waals surface area contributed by atoms with Crippen LogP contribution in [-0.4, -0.2) is 62.9 Å². The largest absolute Gasteiger partial charge is 0.511 e. The van der Waals surface area contributed by atoms with Crippen molar-refractivity contribution in [2.45, 2.75) is 18.9 Å². The van der Waals surface area contributed by atoms with Gasteiger partial charge in [0.1, 0.15) is 28.6 Å². The zero-order valence-electron chi connectivity index (χ0n) is 19.7. The Bertz CT molecular complexity index is 1390. The molecule has 9 nitrogen and oxygen atoms in total. The summed E-state index contributed by atoms with van der Waals surface area (Å²) >= 11 is 0. The van der Waals surface area contributed by atoms with Gasteiger partial charge in [-0.3, -0.25) is 19.3 Å². The first-order valence-corrected chi connectivity index (χ1v) is 11.6. The van der Waals surface area contributed by atoms with Crippen molar-refractivity contribution in [2.24, 2.45) is 23.5 Å². The third-order valence-electron chi connectivity index (χ3n) is 7.63. The van der Waals surface area contributed by atoms with E-state index in [0.717, 1.165) is 5.56 Å². The molecule has 0 saturated carbocycles. The maximum absolute atomic E-state index is 13.7. The normalized spacial score (nSPS) is 25.5. The summed E-state index contributed by atoms with van der Waals surface area (Å²) < 4.78 is 0. The third kappa shape index (κ3) is 3.30. The standard InChI is InChI=1S/C27H26N2O7/c1-29(2)22-16-10-12-9-15-14(11-3-5-13(30)6-4-11)7-8-17(31)19(15)23(32)18(12)24(33)20(16)25(34)21(26(22)35)27(28)36/h3-8,12,16,20,22,30-31,33,35H,9-10H2,1-2H3,(H2,28,36)/t12?,16?,20?,22-/m0/s1. The molecule has 0 heterocycles. The number of primary amides is 1. The van der Waals surface area contributed by atoms with Crippen molar-refractivity contribution in [1.82, 2.24) is 4.90 Å². The number of Topliss-reactive ketones (excluding diaryl/α,β-unsaturated/α-hetero) is 2. The summed E-state index contributed by atoms with van der Waals surface area (Å²) in [5, 5.41) is 42.4. The highest BCUT2D eigenvalue weighted by molar-refractivity contribution is 6.22. The molecule has 0 aromatic heterocycles. The van der Waals surface area contributed by atoms with Crippen LogP contribution >= 0.6 is 0 Å². The van der Waals surface area contributed by atoms with Gasteiger partial charge in [-0.1, -0.05) is 18.2 Å². The lowest BCUT2D eigenvalue weighted by Gasteiger charge is -2.46. The predicted molar refractivity (Wildman–Crippen MR) is 129 cm³/mol. The van der Waals surface area contributed by atoms with Crippen LogP contribution in [0.4, 0.5) is 0 Å². The van der Waals surface area contributed by atoms with Crippen LogP contribution < -0.4 is 5.73 Å². The van der Waals surface area contributed by atoms with Gasteiger partial charge in [-0.05, 0) is 73.7 Å². The topological polar surface area (TPSA) is 161 Å². The number of hydrogen-bond acceptors (Lipinski definition) is 8. The smallest absolute Gasteiger partial charge is 0.255 e. The van der Waals surface area contributed by atoms with E-state index in [-0.39, 0.29) is 29.1 Å². The number of hydrogen-bond donors (Lipinski definition) is 5. The maximum atomic E-state index is 13.7. The highest BCUT2D eigenvalue weighted by Gasteiger charge is 2.54. The molecule has 0 fully saturated rings. The fraction of sp³-hybridized carbons (Fsp3) is 0.296. The van der Waals surface area contributed by atoms with Gasteiger partial charge in [-0.25, -0.2) is 0 Å². The third-order valence-corrected chi connectivity index (χ3v) is 7.63. The van der Waals surface area contributed by atoms with Crippen molar-refractivity contribution in [2.75, 3.05) is 14.1 Å². The summed E-state index contributed by atoms with van der Waals surface area (Å²) in [5.41, 5.74) is 6.97. The molecule has 0 bridgehead atoms. The number of carbonyl (C=O) groups excluding carboxylic acids is 3. The summed E-state index contributed by atoms with van der Waals surface area (Å²) in [6.45, 7) is 0. The molecule has 2 aromatic carbocycles. The Hall–Kier alpha value is -4.11. The molecule has 0 spiro atoms. The highest BCUT2D eigenvalue weighted by Crippen LogP contribution is 2.51. The maximum Gasteiger partial charge on any atom is 0.255 e. The first kappa shape index (κ1) is 23.6. The molecule has 5 rings (SSSR count). The van der Waals surface area contributed by atoms with Crippen molar-refractivity contribution in [3.63, 3.8) is 0 Å². The minimum atomic E-state index is -1.21. The van der Waals surface area contributed by atoms with E-state index in [1.54, 1.807) is 37.2 Å². The number of allylic oxidation sites excluding steroid dienone is 2. The first-order valence-electron chi connectivity index (χ1n) is 11.6. The average Bonchev–Trinajstić information content (AvgIpc) is 2.79. The minimum absolute atomic E-state index is 0.0398. The number of aromatic hydroxyl groups is 2. The number of carbonyl (C=O) groups is 3. The second-order valence-corrected chi connectivity index (χ2v) is 9.84. The van der Waals surface area contributed by atoms with Gasteiger partial charge in [-0.2, -0.15) is 0 Å². The van der Waals surface area contributed by atoms with Gasteiger partial charge in [0.2, 0.25) is 0 Å². The molecule has 9 heteroatoms. The second-order valence-electron chi connectivity index (χ2n) is 9.84. The lowest BCUT2D eigenvalue weighted by molar-refractivity contribution is -0.127. The predicted octanol–water partition coefficient (Wildman–Crippen LogP) is 2.38. The number of aliphatic hydroxyl groups is 2. The van der Waals surface area contributed by atoms with E-state index in [1.165, 1.54) is 18.2 Å². The Morgan fingerprint density at radius 2 is 1.64 bits per heavy atom. The Kier molecular flexibility index (Phi) is 5.40. The van der Waals surface area contributed by atoms with Crippen molar-refractivity contribution in [3.05, 3.63) is 70.2 Å². The monoisotopic (exact) mass is 490 g/mol. The minimum Gasteiger partial charge on any atom is -0.511 e. The van der Waals surface area contributed by atoms with Crippen LogP contribution in [0.1, 0.15) is 22.3 Å². The molecule has 3 aliphatic rings. The molecule has 36 heavy (non-hydrogen) atoms. The Morgan fingerprint density at radius 1 is 0.972 bits per heavy atom. The first-order chi connectivity index (χ1) is 17.0. The van der Waals surface area contributed by atoms with Crippen molar-refractivity contribution < 1.29 is 34.8 Å². The van der Waals surface area contributed by atoms with E-state index >= 15 is 0 Å². The van der Waals surface area contributed by atoms with Crippen molar-refractivity contribution >= 4 is 17.5 Å². The van der Waals surface area contributed by atoms with E-state index in [2.05, 4.69) is 0 Å². The molecule has 0 aliphatic heterocycles. The van der Waals surface area contributed by atoms with Gasteiger partial charge in [0.15, 0.2) is 11.6 Å². The number of rotatable bonds is 3. The van der Waals surface area contributed by atoms with Crippen LogP contribution in [-0.2, 0) is 16.0 Å².